The lowest BCUT2D eigenvalue weighted by atomic mass is 10.0. The van der Waals surface area contributed by atoms with Gasteiger partial charge in [-0.25, -0.2) is 0 Å². The van der Waals surface area contributed by atoms with Gasteiger partial charge in [0.25, 0.3) is 0 Å². The molecule has 1 aromatic heterocycles. The molecule has 0 aliphatic rings. The van der Waals surface area contributed by atoms with E-state index in [0.29, 0.717) is 5.92 Å². The molecule has 0 bridgehead atoms. The van der Waals surface area contributed by atoms with Gasteiger partial charge in [0.05, 0.1) is 0 Å². The van der Waals surface area contributed by atoms with Crippen LogP contribution in [0.25, 0.3) is 0 Å². The van der Waals surface area contributed by atoms with Gasteiger partial charge in [0.15, 0.2) is 0 Å². The molecule has 0 saturated carbocycles. The second-order valence-corrected chi connectivity index (χ2v) is 3.36. The van der Waals surface area contributed by atoms with Gasteiger partial charge in [-0.2, -0.15) is 0 Å². The third kappa shape index (κ3) is 2.52. The lowest BCUT2D eigenvalue weighted by molar-refractivity contribution is 0.654. The highest BCUT2D eigenvalue weighted by Gasteiger charge is 2.09. The Bertz CT molecular complexity index is 258. The van der Waals surface area contributed by atoms with Gasteiger partial charge in [0.1, 0.15) is 0 Å². The van der Waals surface area contributed by atoms with Crippen LogP contribution < -0.4 is 5.32 Å². The Hall–Kier alpha value is -0.890. The quantitative estimate of drug-likeness (QED) is 0.762. The maximum absolute atomic E-state index is 4.43. The number of nitrogens with zero attached hydrogens (tertiary/aromatic N) is 1. The molecular weight excluding hydrogens is 160 g/mol. The molecule has 0 spiro atoms. The summed E-state index contributed by atoms with van der Waals surface area (Å²) in [6.07, 6.45) is 2.94. The van der Waals surface area contributed by atoms with Gasteiger partial charge < -0.3 is 5.32 Å². The fraction of sp³-hybridized carbons (Fsp3) is 0.545. The summed E-state index contributed by atoms with van der Waals surface area (Å²) in [5.74, 6) is 0.501. The Labute approximate surface area is 80.4 Å². The van der Waals surface area contributed by atoms with Crippen molar-refractivity contribution >= 4 is 0 Å². The standard InChI is InChI=1S/C11H18N2/c1-4-10-6-5-7-13-11(10)9(2)8-12-3/h5-7,9,12H,4,8H2,1-3H3. The molecule has 2 heteroatoms. The van der Waals surface area contributed by atoms with E-state index in [1.54, 1.807) is 0 Å². The molecule has 0 aromatic carbocycles. The molecule has 0 radical (unpaired) electrons. The van der Waals surface area contributed by atoms with Crippen LogP contribution in [0, 0.1) is 0 Å². The van der Waals surface area contributed by atoms with Crippen LogP contribution in [0.15, 0.2) is 18.3 Å². The van der Waals surface area contributed by atoms with Crippen molar-refractivity contribution in [3.05, 3.63) is 29.6 Å². The van der Waals surface area contributed by atoms with Crippen molar-refractivity contribution in [1.82, 2.24) is 10.3 Å². The summed E-state index contributed by atoms with van der Waals surface area (Å²) < 4.78 is 0. The molecule has 13 heavy (non-hydrogen) atoms. The Kier molecular flexibility index (Phi) is 3.90. The van der Waals surface area contributed by atoms with Crippen LogP contribution in [-0.2, 0) is 6.42 Å². The average Bonchev–Trinajstić information content (AvgIpc) is 2.18. The maximum Gasteiger partial charge on any atom is 0.0476 e. The Balaban J connectivity index is 2.85. The SMILES string of the molecule is CCc1cccnc1C(C)CNC. The number of likely N-dealkylation sites (N-methyl/N-ethyl adjacent to an activating group) is 1. The molecule has 1 N–H and O–H groups in total. The average molecular weight is 178 g/mol. The second-order valence-electron chi connectivity index (χ2n) is 3.36. The number of aryl methyl sites for hydroxylation is 1. The van der Waals surface area contributed by atoms with E-state index in [1.165, 1.54) is 11.3 Å². The van der Waals surface area contributed by atoms with Crippen LogP contribution in [-0.4, -0.2) is 18.6 Å². The molecule has 0 amide bonds. The van der Waals surface area contributed by atoms with Gasteiger partial charge >= 0.3 is 0 Å². The largest absolute Gasteiger partial charge is 0.319 e. The maximum atomic E-state index is 4.43. The van der Waals surface area contributed by atoms with Crippen molar-refractivity contribution in [3.63, 3.8) is 0 Å². The van der Waals surface area contributed by atoms with Crippen molar-refractivity contribution in [1.29, 1.82) is 0 Å². The van der Waals surface area contributed by atoms with Crippen molar-refractivity contribution in [3.8, 4) is 0 Å². The first-order valence-electron chi connectivity index (χ1n) is 4.88. The highest BCUT2D eigenvalue weighted by atomic mass is 14.8. The molecule has 0 aliphatic carbocycles. The summed E-state index contributed by atoms with van der Waals surface area (Å²) in [5, 5.41) is 3.18. The van der Waals surface area contributed by atoms with E-state index in [2.05, 4.69) is 30.2 Å². The van der Waals surface area contributed by atoms with E-state index in [-0.39, 0.29) is 0 Å². The van der Waals surface area contributed by atoms with Gasteiger partial charge in [-0.1, -0.05) is 19.9 Å². The first-order chi connectivity index (χ1) is 6.29. The lowest BCUT2D eigenvalue weighted by Crippen LogP contribution is -2.16. The number of hydrogen-bond donors (Lipinski definition) is 1. The van der Waals surface area contributed by atoms with E-state index in [0.717, 1.165) is 13.0 Å². The summed E-state index contributed by atoms with van der Waals surface area (Å²) in [7, 11) is 1.98. The predicted octanol–water partition coefficient (Wildman–Crippen LogP) is 1.97. The van der Waals surface area contributed by atoms with Gasteiger partial charge in [-0.05, 0) is 25.1 Å². The zero-order valence-corrected chi connectivity index (χ0v) is 8.67. The minimum Gasteiger partial charge on any atom is -0.319 e. The van der Waals surface area contributed by atoms with Crippen LogP contribution in [0.4, 0.5) is 0 Å². The second kappa shape index (κ2) is 4.97. The molecule has 0 fully saturated rings. The minimum absolute atomic E-state index is 0.501. The van der Waals surface area contributed by atoms with E-state index < -0.39 is 0 Å². The molecule has 1 heterocycles. The molecular formula is C11H18N2. The first kappa shape index (κ1) is 10.2. The Morgan fingerprint density at radius 3 is 2.92 bits per heavy atom. The summed E-state index contributed by atoms with van der Waals surface area (Å²) in [5.41, 5.74) is 2.60. The number of aromatic nitrogens is 1. The van der Waals surface area contributed by atoms with E-state index in [1.807, 2.05) is 19.3 Å². The van der Waals surface area contributed by atoms with E-state index in [4.69, 9.17) is 0 Å². The van der Waals surface area contributed by atoms with Gasteiger partial charge in [-0.3, -0.25) is 4.98 Å². The summed E-state index contributed by atoms with van der Waals surface area (Å²) in [4.78, 5) is 4.43. The zero-order chi connectivity index (χ0) is 9.68. The number of rotatable bonds is 4. The molecule has 1 atom stereocenters. The topological polar surface area (TPSA) is 24.9 Å². The summed E-state index contributed by atoms with van der Waals surface area (Å²) >= 11 is 0. The first-order valence-corrected chi connectivity index (χ1v) is 4.88. The predicted molar refractivity (Wildman–Crippen MR) is 56.0 cm³/mol. The van der Waals surface area contributed by atoms with E-state index >= 15 is 0 Å². The van der Waals surface area contributed by atoms with Crippen molar-refractivity contribution in [2.75, 3.05) is 13.6 Å². The zero-order valence-electron chi connectivity index (χ0n) is 8.67. The smallest absolute Gasteiger partial charge is 0.0476 e. The van der Waals surface area contributed by atoms with Gasteiger partial charge in [-0.15, -0.1) is 0 Å². The highest BCUT2D eigenvalue weighted by Crippen LogP contribution is 2.16. The number of hydrogen-bond acceptors (Lipinski definition) is 2. The molecule has 1 aromatic rings. The third-order valence-electron chi connectivity index (χ3n) is 2.28. The van der Waals surface area contributed by atoms with E-state index in [9.17, 15) is 0 Å². The summed E-state index contributed by atoms with van der Waals surface area (Å²) in [6.45, 7) is 5.37. The molecule has 1 unspecified atom stereocenters. The Morgan fingerprint density at radius 2 is 2.31 bits per heavy atom. The number of nitrogens with one attached hydrogen (secondary N) is 1. The monoisotopic (exact) mass is 178 g/mol. The lowest BCUT2D eigenvalue weighted by Gasteiger charge is -2.13. The van der Waals surface area contributed by atoms with Crippen molar-refractivity contribution in [2.24, 2.45) is 0 Å². The minimum atomic E-state index is 0.501. The van der Waals surface area contributed by atoms with Crippen LogP contribution >= 0.6 is 0 Å². The molecule has 0 aliphatic heterocycles. The van der Waals surface area contributed by atoms with Crippen LogP contribution in [0.5, 0.6) is 0 Å². The van der Waals surface area contributed by atoms with Gasteiger partial charge in [0, 0.05) is 24.4 Å². The fourth-order valence-electron chi connectivity index (χ4n) is 1.60. The molecule has 2 nitrogen and oxygen atoms in total. The summed E-state index contributed by atoms with van der Waals surface area (Å²) in [6, 6.07) is 4.17. The van der Waals surface area contributed by atoms with Crippen LogP contribution in [0.3, 0.4) is 0 Å². The normalized spacial score (nSPS) is 12.8. The van der Waals surface area contributed by atoms with Crippen LogP contribution in [0.1, 0.15) is 31.0 Å². The van der Waals surface area contributed by atoms with Gasteiger partial charge in [0.2, 0.25) is 0 Å². The third-order valence-corrected chi connectivity index (χ3v) is 2.28. The molecule has 1 rings (SSSR count). The molecule has 72 valence electrons. The molecule has 0 saturated heterocycles. The Morgan fingerprint density at radius 1 is 1.54 bits per heavy atom. The van der Waals surface area contributed by atoms with Crippen molar-refractivity contribution < 1.29 is 0 Å². The number of pyridine rings is 1. The fourth-order valence-corrected chi connectivity index (χ4v) is 1.60. The van der Waals surface area contributed by atoms with Crippen molar-refractivity contribution in [2.45, 2.75) is 26.2 Å². The highest BCUT2D eigenvalue weighted by molar-refractivity contribution is 5.22. The van der Waals surface area contributed by atoms with Crippen LogP contribution in [0.2, 0.25) is 0 Å².